The Morgan fingerprint density at radius 1 is 1.09 bits per heavy atom. The Balaban J connectivity index is 2.30. The second-order valence-corrected chi connectivity index (χ2v) is 10.4. The number of carbonyl (C=O) groups excluding carboxylic acids is 1. The van der Waals surface area contributed by atoms with Crippen molar-refractivity contribution < 1.29 is 27.5 Å². The number of nitrogens with zero attached hydrogens (tertiary/aromatic N) is 1. The summed E-state index contributed by atoms with van der Waals surface area (Å²) < 4.78 is 40.2. The number of hydrogen-bond acceptors (Lipinski definition) is 4. The summed E-state index contributed by atoms with van der Waals surface area (Å²) in [5.74, 6) is -3.06. The van der Waals surface area contributed by atoms with E-state index in [0.29, 0.717) is 5.56 Å². The number of carbonyl (C=O) groups is 2. The van der Waals surface area contributed by atoms with E-state index in [-0.39, 0.29) is 21.4 Å². The van der Waals surface area contributed by atoms with E-state index in [1.807, 2.05) is 0 Å². The predicted octanol–water partition coefficient (Wildman–Crippen LogP) is 3.59. The van der Waals surface area contributed by atoms with Crippen molar-refractivity contribution in [1.29, 1.82) is 0 Å². The van der Waals surface area contributed by atoms with Gasteiger partial charge in [-0.15, -0.1) is 0 Å². The molecule has 0 unspecified atom stereocenters. The zero-order valence-corrected chi connectivity index (χ0v) is 19.9. The number of hydrogen-bond donors (Lipinski definition) is 2. The van der Waals surface area contributed by atoms with Crippen LogP contribution in [-0.4, -0.2) is 48.8 Å². The number of sulfonamides is 1. The van der Waals surface area contributed by atoms with E-state index < -0.39 is 45.7 Å². The molecule has 11 heteroatoms. The molecule has 0 aliphatic heterocycles. The van der Waals surface area contributed by atoms with Crippen LogP contribution >= 0.6 is 23.2 Å². The molecule has 0 saturated heterocycles. The lowest BCUT2D eigenvalue weighted by atomic mass is 10.0. The lowest BCUT2D eigenvalue weighted by Crippen LogP contribution is -2.54. The fourth-order valence-electron chi connectivity index (χ4n) is 3.19. The second-order valence-electron chi connectivity index (χ2n) is 7.55. The molecule has 174 valence electrons. The van der Waals surface area contributed by atoms with Crippen molar-refractivity contribution >= 4 is 45.1 Å². The first-order valence-electron chi connectivity index (χ1n) is 9.54. The Morgan fingerprint density at radius 3 is 2.09 bits per heavy atom. The van der Waals surface area contributed by atoms with Crippen LogP contribution < -0.4 is 5.32 Å². The first kappa shape index (κ1) is 26.1. The molecule has 2 N–H and O–H groups in total. The molecule has 0 spiro atoms. The minimum Gasteiger partial charge on any atom is -0.480 e. The van der Waals surface area contributed by atoms with E-state index in [4.69, 9.17) is 23.2 Å². The summed E-state index contributed by atoms with van der Waals surface area (Å²) in [6.45, 7) is 3.27. The van der Waals surface area contributed by atoms with Crippen LogP contribution in [-0.2, 0) is 26.0 Å². The fourth-order valence-corrected chi connectivity index (χ4v) is 5.37. The van der Waals surface area contributed by atoms with E-state index in [1.165, 1.54) is 49.5 Å². The number of halogens is 3. The molecule has 0 saturated carbocycles. The highest BCUT2D eigenvalue weighted by Gasteiger charge is 2.37. The number of benzene rings is 2. The van der Waals surface area contributed by atoms with Gasteiger partial charge in [-0.2, -0.15) is 4.31 Å². The number of carboxylic acid groups (broad SMARTS) is 1. The molecule has 2 atom stereocenters. The van der Waals surface area contributed by atoms with Crippen LogP contribution in [0.25, 0.3) is 0 Å². The molecule has 0 heterocycles. The molecule has 0 radical (unpaired) electrons. The zero-order chi connectivity index (χ0) is 24.2. The molecule has 0 bridgehead atoms. The van der Waals surface area contributed by atoms with Crippen LogP contribution in [0.3, 0.4) is 0 Å². The standard InChI is InChI=1S/C21H23Cl2FN2O5S/c1-12(2)19(26(3)32(30,31)17-10-14(22)9-15(23)11-17)20(27)25-18(21(28)29)8-13-4-6-16(24)7-5-13/h4-7,9-12,18-19H,8H2,1-3H3,(H,25,27)(H,28,29)/t18-,19+/m0/s1. The third-order valence-electron chi connectivity index (χ3n) is 4.77. The average Bonchev–Trinajstić information content (AvgIpc) is 2.68. The normalized spacial score (nSPS) is 13.8. The number of aliphatic carboxylic acids is 1. The van der Waals surface area contributed by atoms with Crippen molar-refractivity contribution in [3.8, 4) is 0 Å². The number of carboxylic acids is 1. The summed E-state index contributed by atoms with van der Waals surface area (Å²) in [6.07, 6.45) is -0.105. The molecule has 0 fully saturated rings. The quantitative estimate of drug-likeness (QED) is 0.542. The van der Waals surface area contributed by atoms with Gasteiger partial charge in [-0.1, -0.05) is 49.2 Å². The third-order valence-corrected chi connectivity index (χ3v) is 7.03. The Bertz CT molecular complexity index is 1070. The summed E-state index contributed by atoms with van der Waals surface area (Å²) in [7, 11) is -2.95. The highest BCUT2D eigenvalue weighted by Crippen LogP contribution is 2.26. The number of nitrogens with one attached hydrogen (secondary N) is 1. The van der Waals surface area contributed by atoms with Gasteiger partial charge in [-0.3, -0.25) is 4.79 Å². The van der Waals surface area contributed by atoms with Gasteiger partial charge in [0.2, 0.25) is 15.9 Å². The van der Waals surface area contributed by atoms with Crippen LogP contribution in [0.1, 0.15) is 19.4 Å². The van der Waals surface area contributed by atoms with Gasteiger partial charge in [0.05, 0.1) is 4.90 Å². The Labute approximate surface area is 196 Å². The van der Waals surface area contributed by atoms with Gasteiger partial charge in [0.15, 0.2) is 0 Å². The third kappa shape index (κ3) is 6.41. The summed E-state index contributed by atoms with van der Waals surface area (Å²) >= 11 is 11.8. The van der Waals surface area contributed by atoms with Crippen LogP contribution in [0, 0.1) is 11.7 Å². The van der Waals surface area contributed by atoms with Gasteiger partial charge in [0.1, 0.15) is 17.9 Å². The zero-order valence-electron chi connectivity index (χ0n) is 17.6. The van der Waals surface area contributed by atoms with Gasteiger partial charge >= 0.3 is 5.97 Å². The van der Waals surface area contributed by atoms with Gasteiger partial charge in [0.25, 0.3) is 0 Å². The highest BCUT2D eigenvalue weighted by atomic mass is 35.5. The summed E-state index contributed by atoms with van der Waals surface area (Å²) in [6, 6.07) is 6.44. The Morgan fingerprint density at radius 2 is 1.62 bits per heavy atom. The van der Waals surface area contributed by atoms with Gasteiger partial charge < -0.3 is 10.4 Å². The topological polar surface area (TPSA) is 104 Å². The van der Waals surface area contributed by atoms with Crippen molar-refractivity contribution in [3.63, 3.8) is 0 Å². The van der Waals surface area contributed by atoms with Crippen LogP contribution in [0.5, 0.6) is 0 Å². The van der Waals surface area contributed by atoms with Crippen LogP contribution in [0.15, 0.2) is 47.4 Å². The molecular formula is C21H23Cl2FN2O5S. The van der Waals surface area contributed by atoms with Gasteiger partial charge in [0, 0.05) is 23.5 Å². The molecule has 0 aliphatic carbocycles. The van der Waals surface area contributed by atoms with Crippen molar-refractivity contribution in [2.45, 2.75) is 37.2 Å². The Kier molecular flexibility index (Phi) is 8.64. The number of likely N-dealkylation sites (N-methyl/N-ethyl adjacent to an activating group) is 1. The maximum absolute atomic E-state index is 13.1. The summed E-state index contributed by atoms with van der Waals surface area (Å²) in [5.41, 5.74) is 0.495. The van der Waals surface area contributed by atoms with E-state index >= 15 is 0 Å². The van der Waals surface area contributed by atoms with Crippen molar-refractivity contribution in [2.75, 3.05) is 7.05 Å². The smallest absolute Gasteiger partial charge is 0.326 e. The lowest BCUT2D eigenvalue weighted by molar-refractivity contribution is -0.142. The maximum Gasteiger partial charge on any atom is 0.326 e. The van der Waals surface area contributed by atoms with E-state index in [9.17, 15) is 27.5 Å². The molecule has 1 amide bonds. The molecule has 7 nitrogen and oxygen atoms in total. The largest absolute Gasteiger partial charge is 0.480 e. The van der Waals surface area contributed by atoms with Crippen molar-refractivity contribution in [3.05, 3.63) is 63.9 Å². The second kappa shape index (κ2) is 10.6. The highest BCUT2D eigenvalue weighted by molar-refractivity contribution is 7.89. The lowest BCUT2D eigenvalue weighted by Gasteiger charge is -2.30. The van der Waals surface area contributed by atoms with Crippen molar-refractivity contribution in [2.24, 2.45) is 5.92 Å². The first-order valence-corrected chi connectivity index (χ1v) is 11.7. The molecule has 2 rings (SSSR count). The monoisotopic (exact) mass is 504 g/mol. The SMILES string of the molecule is CC(C)[C@H](C(=O)N[C@@H](Cc1ccc(F)cc1)C(=O)O)N(C)S(=O)(=O)c1cc(Cl)cc(Cl)c1. The summed E-state index contributed by atoms with van der Waals surface area (Å²) in [5, 5.41) is 12.2. The van der Waals surface area contributed by atoms with E-state index in [1.54, 1.807) is 13.8 Å². The van der Waals surface area contributed by atoms with E-state index in [0.717, 1.165) is 4.31 Å². The average molecular weight is 505 g/mol. The predicted molar refractivity (Wildman–Crippen MR) is 120 cm³/mol. The Hall–Kier alpha value is -2.20. The minimum absolute atomic E-state index is 0.105. The maximum atomic E-state index is 13.1. The molecule has 0 aliphatic rings. The van der Waals surface area contributed by atoms with Gasteiger partial charge in [-0.05, 0) is 41.8 Å². The van der Waals surface area contributed by atoms with Crippen molar-refractivity contribution in [1.82, 2.24) is 9.62 Å². The molecular weight excluding hydrogens is 482 g/mol. The number of rotatable bonds is 9. The summed E-state index contributed by atoms with van der Waals surface area (Å²) in [4.78, 5) is 24.5. The number of amides is 1. The fraction of sp³-hybridized carbons (Fsp3) is 0.333. The van der Waals surface area contributed by atoms with Gasteiger partial charge in [-0.25, -0.2) is 17.6 Å². The molecule has 32 heavy (non-hydrogen) atoms. The minimum atomic E-state index is -4.18. The van der Waals surface area contributed by atoms with Crippen LogP contribution in [0.4, 0.5) is 4.39 Å². The molecule has 0 aromatic heterocycles. The first-order chi connectivity index (χ1) is 14.8. The molecule has 2 aromatic rings. The molecule has 2 aromatic carbocycles. The van der Waals surface area contributed by atoms with E-state index in [2.05, 4.69) is 5.32 Å². The van der Waals surface area contributed by atoms with Crippen LogP contribution in [0.2, 0.25) is 10.0 Å².